The van der Waals surface area contributed by atoms with Gasteiger partial charge in [0.1, 0.15) is 23.3 Å². The fraction of sp³-hybridized carbons (Fsp3) is 0.550. The number of allylic oxidation sites excluding steroid dienone is 2. The number of carbonyl (C=O) groups excluding carboxylic acids is 4. The number of methoxy groups -OCH3 is 2. The summed E-state index contributed by atoms with van der Waals surface area (Å²) in [7, 11) is 2.54. The van der Waals surface area contributed by atoms with E-state index in [0.717, 1.165) is 55.0 Å². The van der Waals surface area contributed by atoms with Crippen LogP contribution in [0.2, 0.25) is 0 Å². The fourth-order valence-electron chi connectivity index (χ4n) is 6.59. The molecular formula is C40H57F2N5O8. The van der Waals surface area contributed by atoms with E-state index in [-0.39, 0.29) is 34.9 Å². The number of Topliss-reactive ketones (excluding diaryl/α,β-unsaturated/α-hetero) is 1. The van der Waals surface area contributed by atoms with Gasteiger partial charge in [0, 0.05) is 49.5 Å². The topological polar surface area (TPSA) is 187 Å². The molecule has 2 aromatic rings. The first-order chi connectivity index (χ1) is 25.7. The van der Waals surface area contributed by atoms with Gasteiger partial charge in [-0.2, -0.15) is 0 Å². The Morgan fingerprint density at radius 2 is 1.49 bits per heavy atom. The highest BCUT2D eigenvalue weighted by atomic mass is 19.1. The summed E-state index contributed by atoms with van der Waals surface area (Å²) in [5.41, 5.74) is 16.7. The molecule has 1 aliphatic carbocycles. The van der Waals surface area contributed by atoms with Crippen LogP contribution in [0.5, 0.6) is 0 Å². The molecule has 0 radical (unpaired) electrons. The third kappa shape index (κ3) is 11.9. The van der Waals surface area contributed by atoms with Crippen LogP contribution >= 0.6 is 0 Å². The Hall–Kier alpha value is -4.76. The minimum Gasteiger partial charge on any atom is -0.465 e. The van der Waals surface area contributed by atoms with Gasteiger partial charge in [-0.25, -0.2) is 23.2 Å². The number of rotatable bonds is 6. The van der Waals surface area contributed by atoms with E-state index in [1.807, 2.05) is 18.7 Å². The van der Waals surface area contributed by atoms with Crippen LogP contribution in [0, 0.1) is 11.6 Å². The number of fused-ring (bicyclic) bond motifs is 1. The van der Waals surface area contributed by atoms with Crippen LogP contribution in [0.25, 0.3) is 5.57 Å². The molecule has 1 amide bonds. The number of hydrogen-bond donors (Lipinski definition) is 4. The van der Waals surface area contributed by atoms with Crippen molar-refractivity contribution in [1.29, 1.82) is 0 Å². The van der Waals surface area contributed by atoms with Crippen LogP contribution in [0.4, 0.5) is 30.6 Å². The Morgan fingerprint density at radius 1 is 0.927 bits per heavy atom. The standard InChI is InChI=1S/C18H26FN3O4.C18H23FN2O2.C4H8O2/c1-18(2,3)26-17(24)21-11-6-5-7-22(10-11)15-9-14(20)12(8-13(15)19)16(23)25-4;1-10-7-13-14(18(22)23-3)8-15(19)17(16(13)11(10)2)21-6-4-5-12(20)9-21;1-3(5)4(2)6/h8-9,11H,5-7,10,20H2,1-4H3,(H,21,24);8,12H,4-7,9,20H2,1-3H3;3,5H,1-2H3/t11-;12-;/m00./s1. The van der Waals surface area contributed by atoms with Gasteiger partial charge in [-0.05, 0) is 110 Å². The number of hydrogen-bond acceptors (Lipinski definition) is 12. The van der Waals surface area contributed by atoms with Gasteiger partial charge in [0.05, 0.1) is 36.7 Å². The van der Waals surface area contributed by atoms with Gasteiger partial charge in [0.2, 0.25) is 0 Å². The lowest BCUT2D eigenvalue weighted by atomic mass is 9.95. The molecule has 2 heterocycles. The van der Waals surface area contributed by atoms with Crippen LogP contribution in [0.1, 0.15) is 106 Å². The Balaban J connectivity index is 0.000000259. The molecule has 0 aromatic heterocycles. The van der Waals surface area contributed by atoms with Gasteiger partial charge >= 0.3 is 18.0 Å². The molecule has 6 N–H and O–H groups in total. The number of benzene rings is 2. The predicted octanol–water partition coefficient (Wildman–Crippen LogP) is 5.53. The van der Waals surface area contributed by atoms with Crippen LogP contribution in [-0.4, -0.2) is 93.1 Å². The number of nitrogen functional groups attached to an aromatic ring is 1. The van der Waals surface area contributed by atoms with Crippen molar-refractivity contribution in [3.8, 4) is 0 Å². The van der Waals surface area contributed by atoms with E-state index in [0.29, 0.717) is 43.0 Å². The van der Waals surface area contributed by atoms with Crippen molar-refractivity contribution in [2.75, 3.05) is 55.9 Å². The van der Waals surface area contributed by atoms with Gasteiger partial charge in [-0.3, -0.25) is 4.79 Å². The zero-order valence-corrected chi connectivity index (χ0v) is 33.4. The Labute approximate surface area is 322 Å². The molecule has 0 spiro atoms. The van der Waals surface area contributed by atoms with E-state index in [9.17, 15) is 28.0 Å². The number of alkyl carbamates (subject to hydrolysis) is 1. The Bertz CT molecular complexity index is 1770. The molecule has 2 fully saturated rings. The summed E-state index contributed by atoms with van der Waals surface area (Å²) in [6.45, 7) is 14.7. The normalized spacial score (nSPS) is 18.5. The molecule has 55 heavy (non-hydrogen) atoms. The monoisotopic (exact) mass is 773 g/mol. The summed E-state index contributed by atoms with van der Waals surface area (Å²) in [5, 5.41) is 11.1. The lowest BCUT2D eigenvalue weighted by Gasteiger charge is -2.35. The zero-order valence-electron chi connectivity index (χ0n) is 33.4. The molecule has 13 nitrogen and oxygen atoms in total. The number of aliphatic hydroxyl groups excluding tert-OH is 1. The summed E-state index contributed by atoms with van der Waals surface area (Å²) in [5.74, 6) is -2.28. The lowest BCUT2D eigenvalue weighted by molar-refractivity contribution is -0.124. The fourth-order valence-corrected chi connectivity index (χ4v) is 6.59. The van der Waals surface area contributed by atoms with Gasteiger partial charge in [0.25, 0.3) is 0 Å². The highest BCUT2D eigenvalue weighted by molar-refractivity contribution is 5.97. The number of amides is 1. The number of nitrogens with zero attached hydrogens (tertiary/aromatic N) is 2. The van der Waals surface area contributed by atoms with E-state index in [4.69, 9.17) is 26.0 Å². The highest BCUT2D eigenvalue weighted by Crippen LogP contribution is 2.43. The number of anilines is 3. The summed E-state index contributed by atoms with van der Waals surface area (Å²) >= 11 is 0. The van der Waals surface area contributed by atoms with Crippen molar-refractivity contribution in [3.05, 3.63) is 57.7 Å². The molecule has 5 rings (SSSR count). The molecule has 1 unspecified atom stereocenters. The van der Waals surface area contributed by atoms with E-state index < -0.39 is 35.6 Å². The van der Waals surface area contributed by atoms with Crippen molar-refractivity contribution in [1.82, 2.24) is 5.32 Å². The van der Waals surface area contributed by atoms with Gasteiger partial charge in [0.15, 0.2) is 5.78 Å². The molecule has 2 aliphatic heterocycles. The predicted molar refractivity (Wildman–Crippen MR) is 208 cm³/mol. The van der Waals surface area contributed by atoms with E-state index in [1.165, 1.54) is 45.8 Å². The SMILES string of the molecule is CC(=O)C(C)O.COC(=O)c1cc(F)c(N2CCC[C@H](N)C2)c2c1CC(C)=C2C.COC(=O)c1cc(F)c(N2CCC[C@H](NC(=O)OC(C)(C)C)C2)cc1N. The molecule has 3 aliphatic rings. The van der Waals surface area contributed by atoms with Crippen LogP contribution in [0.15, 0.2) is 23.8 Å². The number of ether oxygens (including phenoxy) is 3. The van der Waals surface area contributed by atoms with Crippen LogP contribution < -0.4 is 26.6 Å². The zero-order chi connectivity index (χ0) is 41.4. The average Bonchev–Trinajstić information content (AvgIpc) is 3.40. The third-order valence-corrected chi connectivity index (χ3v) is 9.59. The van der Waals surface area contributed by atoms with E-state index in [2.05, 4.69) is 10.1 Å². The number of ketones is 1. The minimum absolute atomic E-state index is 0.00538. The number of aliphatic hydroxyl groups is 1. The summed E-state index contributed by atoms with van der Waals surface area (Å²) in [4.78, 5) is 49.3. The molecule has 304 valence electrons. The average molecular weight is 774 g/mol. The second kappa shape index (κ2) is 19.2. The summed E-state index contributed by atoms with van der Waals surface area (Å²) in [6.07, 6.45) is 2.85. The first-order valence-electron chi connectivity index (χ1n) is 18.4. The minimum atomic E-state index is -0.787. The van der Waals surface area contributed by atoms with Crippen LogP contribution in [-0.2, 0) is 25.4 Å². The molecule has 15 heteroatoms. The molecular weight excluding hydrogens is 716 g/mol. The second-order valence-corrected chi connectivity index (χ2v) is 15.1. The Kier molecular flexibility index (Phi) is 15.6. The molecule has 2 saturated heterocycles. The number of halogens is 2. The van der Waals surface area contributed by atoms with Gasteiger partial charge < -0.3 is 45.9 Å². The number of piperidine rings is 2. The maximum Gasteiger partial charge on any atom is 0.407 e. The maximum atomic E-state index is 14.9. The number of esters is 2. The first-order valence-corrected chi connectivity index (χ1v) is 18.4. The molecule has 0 saturated carbocycles. The largest absolute Gasteiger partial charge is 0.465 e. The summed E-state index contributed by atoms with van der Waals surface area (Å²) in [6, 6.07) is 3.73. The summed E-state index contributed by atoms with van der Waals surface area (Å²) < 4.78 is 44.1. The number of nitrogens with two attached hydrogens (primary N) is 2. The van der Waals surface area contributed by atoms with Crippen molar-refractivity contribution in [2.45, 2.75) is 104 Å². The molecule has 0 bridgehead atoms. The quantitative estimate of drug-likeness (QED) is 0.164. The second-order valence-electron chi connectivity index (χ2n) is 15.1. The number of nitrogens with one attached hydrogen (secondary N) is 1. The number of carbonyl (C=O) groups is 4. The van der Waals surface area contributed by atoms with Crippen LogP contribution in [0.3, 0.4) is 0 Å². The first kappa shape index (κ1) is 44.6. The maximum absolute atomic E-state index is 14.9. The molecule has 3 atom stereocenters. The van der Waals surface area contributed by atoms with E-state index >= 15 is 0 Å². The lowest BCUT2D eigenvalue weighted by Crippen LogP contribution is -2.49. The third-order valence-electron chi connectivity index (χ3n) is 9.59. The molecule has 2 aromatic carbocycles. The van der Waals surface area contributed by atoms with Crippen molar-refractivity contribution >= 4 is 46.5 Å². The Morgan fingerprint density at radius 3 is 2.05 bits per heavy atom. The van der Waals surface area contributed by atoms with E-state index in [1.54, 1.807) is 25.7 Å². The van der Waals surface area contributed by atoms with Crippen molar-refractivity contribution in [2.24, 2.45) is 5.73 Å². The smallest absolute Gasteiger partial charge is 0.407 e. The highest BCUT2D eigenvalue weighted by Gasteiger charge is 2.32. The van der Waals surface area contributed by atoms with Gasteiger partial charge in [-0.15, -0.1) is 0 Å². The van der Waals surface area contributed by atoms with Gasteiger partial charge in [-0.1, -0.05) is 5.57 Å². The van der Waals surface area contributed by atoms with Crippen molar-refractivity contribution < 1.29 is 47.3 Å². The van der Waals surface area contributed by atoms with Crippen molar-refractivity contribution in [3.63, 3.8) is 0 Å².